The summed E-state index contributed by atoms with van der Waals surface area (Å²) in [4.78, 5) is 37.4. The molecule has 0 radical (unpaired) electrons. The molecule has 2 aliphatic rings. The molecule has 1 fully saturated rings. The third-order valence-electron chi connectivity index (χ3n) is 5.39. The first-order valence-corrected chi connectivity index (χ1v) is 9.80. The number of hydrogen-bond donors (Lipinski definition) is 2. The summed E-state index contributed by atoms with van der Waals surface area (Å²) in [7, 11) is 0. The highest BCUT2D eigenvalue weighted by Crippen LogP contribution is 2.39. The van der Waals surface area contributed by atoms with Crippen molar-refractivity contribution in [1.82, 2.24) is 15.3 Å². The lowest BCUT2D eigenvalue weighted by Crippen LogP contribution is -2.49. The Morgan fingerprint density at radius 1 is 1.26 bits per heavy atom. The Bertz CT molecular complexity index is 1030. The van der Waals surface area contributed by atoms with E-state index < -0.39 is 24.2 Å². The SMILES string of the molecule is Cc1ccnc(NC(=O)N2c3nc(C(=O)N[C@H](C)C(F)(F)F)ccc3N3CCC2C3)c1. The Balaban J connectivity index is 1.63. The third-order valence-corrected chi connectivity index (χ3v) is 5.39. The Hall–Kier alpha value is -3.37. The van der Waals surface area contributed by atoms with E-state index >= 15 is 0 Å². The van der Waals surface area contributed by atoms with Gasteiger partial charge in [-0.15, -0.1) is 0 Å². The second-order valence-electron chi connectivity index (χ2n) is 7.68. The standard InChI is InChI=1S/C20H21F3N6O2/c1-11-5-7-24-16(9-11)27-19(31)29-13-6-8-28(10-13)15-4-3-14(26-17(15)29)18(30)25-12(2)20(21,22)23/h3-5,7,9,12-13H,6,8,10H2,1-2H3,(H,25,30)(H,24,27,31)/t12-,13?/m1/s1. The fourth-order valence-electron chi connectivity index (χ4n) is 3.72. The highest BCUT2D eigenvalue weighted by molar-refractivity contribution is 6.05. The fourth-order valence-corrected chi connectivity index (χ4v) is 3.72. The van der Waals surface area contributed by atoms with E-state index in [1.54, 1.807) is 24.4 Å². The molecule has 4 rings (SSSR count). The number of amides is 3. The van der Waals surface area contributed by atoms with E-state index in [2.05, 4.69) is 15.3 Å². The van der Waals surface area contributed by atoms with Crippen LogP contribution in [0.5, 0.6) is 0 Å². The smallest absolute Gasteiger partial charge is 0.366 e. The lowest BCUT2D eigenvalue weighted by atomic mass is 10.1. The molecule has 3 amide bonds. The monoisotopic (exact) mass is 434 g/mol. The van der Waals surface area contributed by atoms with E-state index in [9.17, 15) is 22.8 Å². The zero-order valence-corrected chi connectivity index (χ0v) is 16.9. The predicted octanol–water partition coefficient (Wildman–Crippen LogP) is 3.10. The van der Waals surface area contributed by atoms with Gasteiger partial charge >= 0.3 is 12.2 Å². The van der Waals surface area contributed by atoms with Gasteiger partial charge in [0, 0.05) is 19.3 Å². The molecule has 2 bridgehead atoms. The molecule has 0 spiro atoms. The summed E-state index contributed by atoms with van der Waals surface area (Å²) in [5.41, 5.74) is 1.39. The molecule has 11 heteroatoms. The molecular weight excluding hydrogens is 413 g/mol. The zero-order chi connectivity index (χ0) is 22.3. The zero-order valence-electron chi connectivity index (χ0n) is 16.9. The van der Waals surface area contributed by atoms with Gasteiger partial charge in [0.2, 0.25) is 0 Å². The van der Waals surface area contributed by atoms with Crippen LogP contribution in [0.25, 0.3) is 0 Å². The predicted molar refractivity (Wildman–Crippen MR) is 108 cm³/mol. The van der Waals surface area contributed by atoms with E-state index in [4.69, 9.17) is 0 Å². The molecule has 4 heterocycles. The van der Waals surface area contributed by atoms with Gasteiger partial charge in [-0.3, -0.25) is 15.0 Å². The summed E-state index contributed by atoms with van der Waals surface area (Å²) >= 11 is 0. The fraction of sp³-hybridized carbons (Fsp3) is 0.400. The average Bonchev–Trinajstić information content (AvgIpc) is 3.11. The van der Waals surface area contributed by atoms with Gasteiger partial charge in [0.05, 0.1) is 11.7 Å². The maximum absolute atomic E-state index is 13.1. The van der Waals surface area contributed by atoms with Gasteiger partial charge in [-0.25, -0.2) is 14.8 Å². The number of nitrogens with zero attached hydrogens (tertiary/aromatic N) is 4. The summed E-state index contributed by atoms with van der Waals surface area (Å²) in [6, 6.07) is 3.85. The largest absolute Gasteiger partial charge is 0.408 e. The van der Waals surface area contributed by atoms with Gasteiger partial charge in [-0.05, 0) is 50.1 Å². The van der Waals surface area contributed by atoms with Crippen LogP contribution in [0, 0.1) is 6.92 Å². The molecule has 164 valence electrons. The number of alkyl halides is 3. The quantitative estimate of drug-likeness (QED) is 0.775. The minimum Gasteiger partial charge on any atom is -0.366 e. The van der Waals surface area contributed by atoms with E-state index in [0.717, 1.165) is 12.5 Å². The van der Waals surface area contributed by atoms with Crippen LogP contribution in [0.3, 0.4) is 0 Å². The molecule has 0 aliphatic carbocycles. The normalized spacial score (nSPS) is 18.4. The molecule has 2 N–H and O–H groups in total. The Labute approximate surface area is 176 Å². The van der Waals surface area contributed by atoms with Crippen LogP contribution in [-0.2, 0) is 0 Å². The minimum absolute atomic E-state index is 0.169. The number of nitrogens with one attached hydrogen (secondary N) is 2. The number of carbonyl (C=O) groups is 2. The number of carbonyl (C=O) groups excluding carboxylic acids is 2. The van der Waals surface area contributed by atoms with E-state index in [0.29, 0.717) is 31.0 Å². The van der Waals surface area contributed by atoms with Crippen molar-refractivity contribution in [2.24, 2.45) is 0 Å². The van der Waals surface area contributed by atoms with Crippen molar-refractivity contribution in [2.45, 2.75) is 38.5 Å². The third kappa shape index (κ3) is 4.12. The van der Waals surface area contributed by atoms with Crippen LogP contribution in [0.2, 0.25) is 0 Å². The van der Waals surface area contributed by atoms with Gasteiger partial charge in [0.15, 0.2) is 5.82 Å². The summed E-state index contributed by atoms with van der Waals surface area (Å²) < 4.78 is 38.4. The van der Waals surface area contributed by atoms with Crippen LogP contribution in [0.1, 0.15) is 29.4 Å². The van der Waals surface area contributed by atoms with Gasteiger partial charge in [0.1, 0.15) is 17.6 Å². The molecule has 1 saturated heterocycles. The van der Waals surface area contributed by atoms with E-state index in [-0.39, 0.29) is 17.6 Å². The second kappa shape index (κ2) is 7.71. The summed E-state index contributed by atoms with van der Waals surface area (Å²) in [5, 5.41) is 4.65. The molecule has 8 nitrogen and oxygen atoms in total. The summed E-state index contributed by atoms with van der Waals surface area (Å²) in [6.07, 6.45) is -2.28. The molecule has 2 atom stereocenters. The molecule has 0 aromatic carbocycles. The number of anilines is 3. The highest BCUT2D eigenvalue weighted by Gasteiger charge is 2.41. The average molecular weight is 434 g/mol. The van der Waals surface area contributed by atoms with Crippen LogP contribution in [0.15, 0.2) is 30.5 Å². The van der Waals surface area contributed by atoms with E-state index in [1.807, 2.05) is 17.1 Å². The Kier molecular flexibility index (Phi) is 5.19. The Morgan fingerprint density at radius 3 is 2.74 bits per heavy atom. The molecule has 2 aromatic heterocycles. The summed E-state index contributed by atoms with van der Waals surface area (Å²) in [6.45, 7) is 4.05. The lowest BCUT2D eigenvalue weighted by Gasteiger charge is -2.35. The Morgan fingerprint density at radius 2 is 2.03 bits per heavy atom. The maximum Gasteiger partial charge on any atom is 0.408 e. The van der Waals surface area contributed by atoms with Crippen LogP contribution in [0.4, 0.5) is 35.3 Å². The number of rotatable bonds is 3. The molecule has 1 unspecified atom stereocenters. The van der Waals surface area contributed by atoms with Crippen molar-refractivity contribution < 1.29 is 22.8 Å². The molecule has 2 aliphatic heterocycles. The van der Waals surface area contributed by atoms with Crippen LogP contribution < -0.4 is 20.4 Å². The van der Waals surface area contributed by atoms with Gasteiger partial charge in [-0.1, -0.05) is 0 Å². The van der Waals surface area contributed by atoms with Gasteiger partial charge < -0.3 is 10.2 Å². The van der Waals surface area contributed by atoms with Crippen molar-refractivity contribution in [3.05, 3.63) is 41.7 Å². The number of fused-ring (bicyclic) bond motifs is 4. The minimum atomic E-state index is -4.57. The molecule has 31 heavy (non-hydrogen) atoms. The first-order valence-electron chi connectivity index (χ1n) is 9.80. The molecule has 0 saturated carbocycles. The van der Waals surface area contributed by atoms with Gasteiger partial charge in [0.25, 0.3) is 5.91 Å². The van der Waals surface area contributed by atoms with Crippen molar-refractivity contribution in [3.63, 3.8) is 0 Å². The van der Waals surface area contributed by atoms with Crippen molar-refractivity contribution in [2.75, 3.05) is 28.2 Å². The van der Waals surface area contributed by atoms with Crippen molar-refractivity contribution >= 4 is 29.3 Å². The van der Waals surface area contributed by atoms with Crippen molar-refractivity contribution in [3.8, 4) is 0 Å². The number of halogens is 3. The number of aryl methyl sites for hydroxylation is 1. The highest BCUT2D eigenvalue weighted by atomic mass is 19.4. The first-order chi connectivity index (χ1) is 14.6. The second-order valence-corrected chi connectivity index (χ2v) is 7.68. The topological polar surface area (TPSA) is 90.5 Å². The number of urea groups is 1. The lowest BCUT2D eigenvalue weighted by molar-refractivity contribution is -0.149. The van der Waals surface area contributed by atoms with Crippen molar-refractivity contribution in [1.29, 1.82) is 0 Å². The van der Waals surface area contributed by atoms with Crippen LogP contribution in [-0.4, -0.2) is 53.3 Å². The number of hydrogen-bond acceptors (Lipinski definition) is 5. The number of aromatic nitrogens is 2. The van der Waals surface area contributed by atoms with Gasteiger partial charge in [-0.2, -0.15) is 13.2 Å². The molecular formula is C20H21F3N6O2. The van der Waals surface area contributed by atoms with Crippen LogP contribution >= 0.6 is 0 Å². The number of pyridine rings is 2. The summed E-state index contributed by atoms with van der Waals surface area (Å²) in [5.74, 6) is -0.340. The van der Waals surface area contributed by atoms with E-state index in [1.165, 1.54) is 11.0 Å². The molecule has 2 aromatic rings. The maximum atomic E-state index is 13.1. The first kappa shape index (κ1) is 20.9.